The Kier molecular flexibility index (Phi) is 4.86. The number of hydrogen-bond donors (Lipinski definition) is 1. The van der Waals surface area contributed by atoms with Gasteiger partial charge in [-0.1, -0.05) is 6.07 Å². The highest BCUT2D eigenvalue weighted by atomic mass is 32.2. The summed E-state index contributed by atoms with van der Waals surface area (Å²) in [5, 5.41) is 4.32. The van der Waals surface area contributed by atoms with E-state index in [2.05, 4.69) is 5.32 Å². The number of carbonyl (C=O) groups is 3. The van der Waals surface area contributed by atoms with Crippen LogP contribution >= 0.6 is 23.1 Å². The Balaban J connectivity index is 1.58. The molecule has 1 aliphatic heterocycles. The Hall–Kier alpha value is -2.32. The molecule has 3 heterocycles. The van der Waals surface area contributed by atoms with E-state index in [0.29, 0.717) is 10.6 Å². The van der Waals surface area contributed by atoms with Crippen LogP contribution in [0.25, 0.3) is 6.08 Å². The Morgan fingerprint density at radius 2 is 2.12 bits per heavy atom. The first kappa shape index (κ1) is 16.5. The van der Waals surface area contributed by atoms with Crippen LogP contribution in [0, 0.1) is 0 Å². The average molecular weight is 361 g/mol. The van der Waals surface area contributed by atoms with Crippen molar-refractivity contribution in [2.24, 2.45) is 7.05 Å². The Bertz CT molecular complexity index is 808. The van der Waals surface area contributed by atoms with Gasteiger partial charge in [-0.25, -0.2) is 0 Å². The lowest BCUT2D eigenvalue weighted by Gasteiger charge is -2.13. The molecule has 0 unspecified atom stereocenters. The Morgan fingerprint density at radius 1 is 1.29 bits per heavy atom. The topological polar surface area (TPSA) is 71.4 Å². The molecule has 6 nitrogen and oxygen atoms in total. The molecule has 1 saturated heterocycles. The number of rotatable bonds is 5. The first-order valence-corrected chi connectivity index (χ1v) is 8.94. The van der Waals surface area contributed by atoms with Crippen LogP contribution in [-0.2, 0) is 11.8 Å². The minimum absolute atomic E-state index is 0.155. The van der Waals surface area contributed by atoms with Crippen LogP contribution in [0.3, 0.4) is 0 Å². The van der Waals surface area contributed by atoms with Crippen molar-refractivity contribution in [1.82, 2.24) is 14.8 Å². The van der Waals surface area contributed by atoms with Crippen molar-refractivity contribution in [3.63, 3.8) is 0 Å². The van der Waals surface area contributed by atoms with E-state index in [1.807, 2.05) is 17.5 Å². The quantitative estimate of drug-likeness (QED) is 0.831. The summed E-state index contributed by atoms with van der Waals surface area (Å²) in [6.07, 6.45) is 3.50. The molecule has 2 aromatic heterocycles. The maximum absolute atomic E-state index is 12.3. The predicted molar refractivity (Wildman–Crippen MR) is 94.7 cm³/mol. The lowest BCUT2D eigenvalue weighted by Crippen LogP contribution is -2.37. The molecule has 8 heteroatoms. The van der Waals surface area contributed by atoms with E-state index in [9.17, 15) is 14.4 Å². The van der Waals surface area contributed by atoms with Crippen molar-refractivity contribution < 1.29 is 14.4 Å². The van der Waals surface area contributed by atoms with Crippen molar-refractivity contribution in [2.45, 2.75) is 0 Å². The van der Waals surface area contributed by atoms with Gasteiger partial charge in [0.1, 0.15) is 5.69 Å². The van der Waals surface area contributed by atoms with E-state index < -0.39 is 0 Å². The number of nitrogens with zero attached hydrogens (tertiary/aromatic N) is 2. The van der Waals surface area contributed by atoms with E-state index >= 15 is 0 Å². The zero-order valence-corrected chi connectivity index (χ0v) is 14.5. The number of thiophene rings is 1. The van der Waals surface area contributed by atoms with Crippen LogP contribution in [0.1, 0.15) is 15.4 Å². The summed E-state index contributed by atoms with van der Waals surface area (Å²) >= 11 is 2.43. The molecule has 3 rings (SSSR count). The van der Waals surface area contributed by atoms with Crippen LogP contribution in [0.5, 0.6) is 0 Å². The predicted octanol–water partition coefficient (Wildman–Crippen LogP) is 2.55. The van der Waals surface area contributed by atoms with Crippen LogP contribution < -0.4 is 5.32 Å². The van der Waals surface area contributed by atoms with Crippen molar-refractivity contribution in [3.05, 3.63) is 51.3 Å². The van der Waals surface area contributed by atoms with Crippen LogP contribution in [0.4, 0.5) is 4.79 Å². The maximum atomic E-state index is 12.3. The molecule has 3 amide bonds. The molecule has 0 bridgehead atoms. The van der Waals surface area contributed by atoms with Gasteiger partial charge < -0.3 is 9.88 Å². The minimum Gasteiger partial charge on any atom is -0.349 e. The van der Waals surface area contributed by atoms with Gasteiger partial charge in [-0.05, 0) is 41.4 Å². The van der Waals surface area contributed by atoms with E-state index in [1.54, 1.807) is 36.0 Å². The normalized spacial score (nSPS) is 16.2. The molecule has 0 saturated carbocycles. The van der Waals surface area contributed by atoms with Gasteiger partial charge in [-0.15, -0.1) is 11.3 Å². The molecule has 0 radical (unpaired) electrons. The summed E-state index contributed by atoms with van der Waals surface area (Å²) in [6, 6.07) is 7.26. The van der Waals surface area contributed by atoms with Gasteiger partial charge >= 0.3 is 0 Å². The number of amides is 3. The average Bonchev–Trinajstić information content (AvgIpc) is 3.25. The largest absolute Gasteiger partial charge is 0.349 e. The Labute approximate surface area is 147 Å². The number of nitrogens with one attached hydrogen (secondary N) is 1. The second kappa shape index (κ2) is 7.06. The second-order valence-corrected chi connectivity index (χ2v) is 7.08. The third kappa shape index (κ3) is 3.44. The summed E-state index contributed by atoms with van der Waals surface area (Å²) in [5.74, 6) is -0.546. The van der Waals surface area contributed by atoms with Crippen molar-refractivity contribution in [3.8, 4) is 0 Å². The van der Waals surface area contributed by atoms with E-state index in [4.69, 9.17) is 0 Å². The zero-order chi connectivity index (χ0) is 17.1. The first-order chi connectivity index (χ1) is 11.6. The molecular weight excluding hydrogens is 346 g/mol. The molecule has 1 N–H and O–H groups in total. The lowest BCUT2D eigenvalue weighted by atomic mass is 10.3. The molecule has 0 spiro atoms. The van der Waals surface area contributed by atoms with Gasteiger partial charge in [-0.3, -0.25) is 19.3 Å². The molecule has 24 heavy (non-hydrogen) atoms. The van der Waals surface area contributed by atoms with Crippen LogP contribution in [-0.4, -0.2) is 39.6 Å². The SMILES string of the molecule is Cn1cccc1C(=O)NCCN1C(=O)S/C(=C\c2cccs2)C1=O. The number of aromatic nitrogens is 1. The monoisotopic (exact) mass is 361 g/mol. The molecule has 0 aliphatic carbocycles. The fourth-order valence-electron chi connectivity index (χ4n) is 2.26. The number of carbonyl (C=O) groups excluding carboxylic acids is 3. The van der Waals surface area contributed by atoms with Gasteiger partial charge in [0.25, 0.3) is 17.1 Å². The number of aryl methyl sites for hydroxylation is 1. The van der Waals surface area contributed by atoms with Gasteiger partial charge in [0.2, 0.25) is 0 Å². The third-order valence-electron chi connectivity index (χ3n) is 3.49. The maximum Gasteiger partial charge on any atom is 0.293 e. The fraction of sp³-hybridized carbons (Fsp3) is 0.188. The van der Waals surface area contributed by atoms with Crippen LogP contribution in [0.15, 0.2) is 40.7 Å². The second-order valence-electron chi connectivity index (χ2n) is 5.11. The minimum atomic E-state index is -0.313. The third-order valence-corrected chi connectivity index (χ3v) is 5.21. The smallest absolute Gasteiger partial charge is 0.293 e. The summed E-state index contributed by atoms with van der Waals surface area (Å²) in [7, 11) is 1.78. The molecule has 0 aromatic carbocycles. The summed E-state index contributed by atoms with van der Waals surface area (Å²) in [5.41, 5.74) is 0.529. The van der Waals surface area contributed by atoms with E-state index in [1.165, 1.54) is 11.3 Å². The number of hydrogen-bond acceptors (Lipinski definition) is 5. The highest BCUT2D eigenvalue weighted by molar-refractivity contribution is 8.18. The molecule has 0 atom stereocenters. The first-order valence-electron chi connectivity index (χ1n) is 7.24. The van der Waals surface area contributed by atoms with Gasteiger partial charge in [0.15, 0.2) is 0 Å². The molecule has 2 aromatic rings. The Morgan fingerprint density at radius 3 is 2.79 bits per heavy atom. The van der Waals surface area contributed by atoms with Crippen molar-refractivity contribution >= 4 is 46.2 Å². The number of thioether (sulfide) groups is 1. The van der Waals surface area contributed by atoms with E-state index in [0.717, 1.165) is 21.5 Å². The summed E-state index contributed by atoms with van der Waals surface area (Å²) in [6.45, 7) is 0.372. The molecule has 1 fully saturated rings. The van der Waals surface area contributed by atoms with Gasteiger partial charge in [0.05, 0.1) is 4.91 Å². The van der Waals surface area contributed by atoms with Gasteiger partial charge in [-0.2, -0.15) is 0 Å². The molecule has 124 valence electrons. The zero-order valence-electron chi connectivity index (χ0n) is 12.9. The summed E-state index contributed by atoms with van der Waals surface area (Å²) < 4.78 is 1.71. The number of imide groups is 1. The van der Waals surface area contributed by atoms with Crippen molar-refractivity contribution in [2.75, 3.05) is 13.1 Å². The van der Waals surface area contributed by atoms with Gasteiger partial charge in [0, 0.05) is 31.2 Å². The molecular formula is C16H15N3O3S2. The fourth-order valence-corrected chi connectivity index (χ4v) is 3.85. The lowest BCUT2D eigenvalue weighted by molar-refractivity contribution is -0.122. The molecule has 1 aliphatic rings. The standard InChI is InChI=1S/C16H15N3O3S2/c1-18-7-2-5-12(18)14(20)17-6-8-19-15(21)13(24-16(19)22)10-11-4-3-9-23-11/h2-5,7,9-10H,6,8H2,1H3,(H,17,20)/b13-10-. The summed E-state index contributed by atoms with van der Waals surface area (Å²) in [4.78, 5) is 38.8. The van der Waals surface area contributed by atoms with Crippen molar-refractivity contribution in [1.29, 1.82) is 0 Å². The highest BCUT2D eigenvalue weighted by Crippen LogP contribution is 2.32. The highest BCUT2D eigenvalue weighted by Gasteiger charge is 2.34. The van der Waals surface area contributed by atoms with Crippen LogP contribution in [0.2, 0.25) is 0 Å². The van der Waals surface area contributed by atoms with E-state index in [-0.39, 0.29) is 30.1 Å².